The second-order valence-corrected chi connectivity index (χ2v) is 5.45. The molecule has 0 bridgehead atoms. The minimum atomic E-state index is 0.548. The molecule has 0 aromatic heterocycles. The Morgan fingerprint density at radius 2 is 1.38 bits per heavy atom. The fraction of sp³-hybridized carbons (Fsp3) is 0.333. The maximum Gasteiger partial charge on any atom is 0.119 e. The van der Waals surface area contributed by atoms with Gasteiger partial charge in [0.1, 0.15) is 5.75 Å². The summed E-state index contributed by atoms with van der Waals surface area (Å²) >= 11 is 0. The minimum Gasteiger partial charge on any atom is -0.493 e. The van der Waals surface area contributed by atoms with Crippen molar-refractivity contribution in [3.05, 3.63) is 54.6 Å². The summed E-state index contributed by atoms with van der Waals surface area (Å²) in [6.45, 7) is 6.82. The predicted octanol–water partition coefficient (Wildman–Crippen LogP) is 4.25. The van der Waals surface area contributed by atoms with Crippen LogP contribution in [0.1, 0.15) is 13.8 Å². The summed E-state index contributed by atoms with van der Waals surface area (Å²) in [5.41, 5.74) is 2.26. The molecule has 0 saturated heterocycles. The molecule has 0 heterocycles. The van der Waals surface area contributed by atoms with Crippen LogP contribution in [0.2, 0.25) is 0 Å². The molecule has 112 valence electrons. The Morgan fingerprint density at radius 1 is 0.810 bits per heavy atom. The number of nitrogens with one attached hydrogen (secondary N) is 2. The van der Waals surface area contributed by atoms with Crippen LogP contribution in [0.4, 0.5) is 11.4 Å². The van der Waals surface area contributed by atoms with E-state index >= 15 is 0 Å². The summed E-state index contributed by atoms with van der Waals surface area (Å²) in [7, 11) is 0. The molecule has 0 spiro atoms. The Morgan fingerprint density at radius 3 is 1.95 bits per heavy atom. The van der Waals surface area contributed by atoms with Crippen molar-refractivity contribution in [2.24, 2.45) is 5.92 Å². The van der Waals surface area contributed by atoms with E-state index in [9.17, 15) is 0 Å². The first-order chi connectivity index (χ1) is 10.2. The van der Waals surface area contributed by atoms with Crippen molar-refractivity contribution >= 4 is 11.4 Å². The number of hydrogen-bond donors (Lipinski definition) is 2. The van der Waals surface area contributed by atoms with Crippen LogP contribution in [-0.2, 0) is 0 Å². The van der Waals surface area contributed by atoms with E-state index in [4.69, 9.17) is 4.74 Å². The van der Waals surface area contributed by atoms with E-state index in [1.165, 1.54) is 0 Å². The quantitative estimate of drug-likeness (QED) is 0.711. The van der Waals surface area contributed by atoms with Gasteiger partial charge in [0.25, 0.3) is 0 Å². The van der Waals surface area contributed by atoms with Crippen molar-refractivity contribution in [1.82, 2.24) is 0 Å². The molecule has 2 rings (SSSR count). The molecule has 0 amide bonds. The molecule has 0 aliphatic rings. The van der Waals surface area contributed by atoms with Gasteiger partial charge in [0.15, 0.2) is 0 Å². The third-order valence-corrected chi connectivity index (χ3v) is 2.99. The van der Waals surface area contributed by atoms with Gasteiger partial charge < -0.3 is 15.4 Å². The molecule has 0 fully saturated rings. The Kier molecular flexibility index (Phi) is 5.95. The zero-order chi connectivity index (χ0) is 14.9. The topological polar surface area (TPSA) is 33.3 Å². The summed E-state index contributed by atoms with van der Waals surface area (Å²) in [4.78, 5) is 0. The van der Waals surface area contributed by atoms with Crippen LogP contribution in [-0.4, -0.2) is 19.7 Å². The summed E-state index contributed by atoms with van der Waals surface area (Å²) in [5.74, 6) is 1.48. The van der Waals surface area contributed by atoms with E-state index in [1.807, 2.05) is 30.3 Å². The van der Waals surface area contributed by atoms with E-state index in [1.54, 1.807) is 0 Å². The summed E-state index contributed by atoms with van der Waals surface area (Å²) < 4.78 is 5.67. The van der Waals surface area contributed by atoms with E-state index in [0.29, 0.717) is 5.92 Å². The van der Waals surface area contributed by atoms with Gasteiger partial charge in [-0.15, -0.1) is 0 Å². The lowest BCUT2D eigenvalue weighted by Crippen LogP contribution is -2.13. The van der Waals surface area contributed by atoms with Gasteiger partial charge in [-0.1, -0.05) is 32.0 Å². The maximum absolute atomic E-state index is 5.67. The molecule has 0 saturated carbocycles. The van der Waals surface area contributed by atoms with Gasteiger partial charge in [0, 0.05) is 24.5 Å². The van der Waals surface area contributed by atoms with Gasteiger partial charge in [0.2, 0.25) is 0 Å². The highest BCUT2D eigenvalue weighted by Crippen LogP contribution is 2.16. The van der Waals surface area contributed by atoms with Crippen molar-refractivity contribution < 1.29 is 4.74 Å². The van der Waals surface area contributed by atoms with Crippen molar-refractivity contribution in [3.63, 3.8) is 0 Å². The van der Waals surface area contributed by atoms with Crippen molar-refractivity contribution in [2.45, 2.75) is 13.8 Å². The van der Waals surface area contributed by atoms with Gasteiger partial charge in [-0.25, -0.2) is 0 Å². The highest BCUT2D eigenvalue weighted by atomic mass is 16.5. The van der Waals surface area contributed by atoms with Crippen molar-refractivity contribution in [3.8, 4) is 5.75 Å². The lowest BCUT2D eigenvalue weighted by atomic mass is 10.2. The monoisotopic (exact) mass is 284 g/mol. The molecule has 0 aliphatic heterocycles. The van der Waals surface area contributed by atoms with E-state index in [2.05, 4.69) is 48.7 Å². The summed E-state index contributed by atoms with van der Waals surface area (Å²) in [5, 5.41) is 6.76. The molecule has 2 aromatic rings. The zero-order valence-corrected chi connectivity index (χ0v) is 12.8. The van der Waals surface area contributed by atoms with Crippen LogP contribution in [0.3, 0.4) is 0 Å². The van der Waals surface area contributed by atoms with E-state index in [-0.39, 0.29) is 0 Å². The number of para-hydroxylation sites is 1. The van der Waals surface area contributed by atoms with Gasteiger partial charge in [-0.2, -0.15) is 0 Å². The molecular formula is C18H24N2O. The molecular weight excluding hydrogens is 260 g/mol. The summed E-state index contributed by atoms with van der Waals surface area (Å²) in [6.07, 6.45) is 0. The molecule has 21 heavy (non-hydrogen) atoms. The first-order valence-electron chi connectivity index (χ1n) is 7.49. The Bertz CT molecular complexity index is 509. The normalized spacial score (nSPS) is 10.4. The molecule has 3 heteroatoms. The van der Waals surface area contributed by atoms with Gasteiger partial charge in [0.05, 0.1) is 6.61 Å². The van der Waals surface area contributed by atoms with Crippen LogP contribution < -0.4 is 15.4 Å². The number of ether oxygens (including phenoxy) is 1. The third kappa shape index (κ3) is 5.78. The Labute approximate surface area is 127 Å². The zero-order valence-electron chi connectivity index (χ0n) is 12.8. The smallest absolute Gasteiger partial charge is 0.119 e. The highest BCUT2D eigenvalue weighted by molar-refractivity contribution is 5.47. The van der Waals surface area contributed by atoms with Crippen LogP contribution in [0.15, 0.2) is 54.6 Å². The maximum atomic E-state index is 5.67. The molecule has 0 aliphatic carbocycles. The van der Waals surface area contributed by atoms with E-state index in [0.717, 1.165) is 36.8 Å². The molecule has 0 atom stereocenters. The average molecular weight is 284 g/mol. The van der Waals surface area contributed by atoms with E-state index < -0.39 is 0 Å². The third-order valence-electron chi connectivity index (χ3n) is 2.99. The fourth-order valence-electron chi connectivity index (χ4n) is 1.90. The summed E-state index contributed by atoms with van der Waals surface area (Å²) in [6, 6.07) is 18.4. The second kappa shape index (κ2) is 8.20. The largest absolute Gasteiger partial charge is 0.493 e. The van der Waals surface area contributed by atoms with Crippen LogP contribution in [0.25, 0.3) is 0 Å². The second-order valence-electron chi connectivity index (χ2n) is 5.45. The number of anilines is 2. The van der Waals surface area contributed by atoms with Gasteiger partial charge >= 0.3 is 0 Å². The van der Waals surface area contributed by atoms with Crippen LogP contribution >= 0.6 is 0 Å². The van der Waals surface area contributed by atoms with Crippen molar-refractivity contribution in [2.75, 3.05) is 30.3 Å². The molecule has 0 unspecified atom stereocenters. The first kappa shape index (κ1) is 15.2. The average Bonchev–Trinajstić information content (AvgIpc) is 2.52. The van der Waals surface area contributed by atoms with Crippen LogP contribution in [0, 0.1) is 5.92 Å². The predicted molar refractivity (Wildman–Crippen MR) is 90.2 cm³/mol. The Balaban J connectivity index is 1.69. The molecule has 2 aromatic carbocycles. The number of rotatable bonds is 8. The Hall–Kier alpha value is -2.16. The lowest BCUT2D eigenvalue weighted by Gasteiger charge is -2.11. The fourth-order valence-corrected chi connectivity index (χ4v) is 1.90. The van der Waals surface area contributed by atoms with Crippen LogP contribution in [0.5, 0.6) is 5.75 Å². The molecule has 3 nitrogen and oxygen atoms in total. The van der Waals surface area contributed by atoms with Gasteiger partial charge in [-0.3, -0.25) is 0 Å². The molecule has 0 radical (unpaired) electrons. The molecule has 2 N–H and O–H groups in total. The number of hydrogen-bond acceptors (Lipinski definition) is 3. The first-order valence-corrected chi connectivity index (χ1v) is 7.49. The SMILES string of the molecule is CC(C)COc1ccc(NCCNc2ccccc2)cc1. The minimum absolute atomic E-state index is 0.548. The highest BCUT2D eigenvalue weighted by Gasteiger charge is 1.97. The van der Waals surface area contributed by atoms with Gasteiger partial charge in [-0.05, 0) is 42.3 Å². The number of benzene rings is 2. The van der Waals surface area contributed by atoms with Crippen molar-refractivity contribution in [1.29, 1.82) is 0 Å². The lowest BCUT2D eigenvalue weighted by molar-refractivity contribution is 0.271. The standard InChI is InChI=1S/C18H24N2O/c1-15(2)14-21-18-10-8-17(9-11-18)20-13-12-19-16-6-4-3-5-7-16/h3-11,15,19-20H,12-14H2,1-2H3.